The lowest BCUT2D eigenvalue weighted by molar-refractivity contribution is 0.163. The first-order valence-corrected chi connectivity index (χ1v) is 7.27. The van der Waals surface area contributed by atoms with Gasteiger partial charge in [-0.05, 0) is 20.8 Å². The van der Waals surface area contributed by atoms with Crippen molar-refractivity contribution in [2.45, 2.75) is 31.5 Å². The summed E-state index contributed by atoms with van der Waals surface area (Å²) in [6.45, 7) is 4.20. The van der Waals surface area contributed by atoms with Crippen molar-refractivity contribution in [2.24, 2.45) is 7.05 Å². The van der Waals surface area contributed by atoms with Crippen LogP contribution < -0.4 is 4.72 Å². The Balaban J connectivity index is 2.32. The molecular formula is C11H15FN4O3S. The molecular weight excluding hydrogens is 287 g/mol. The largest absolute Gasteiger partial charge is 0.356 e. The first-order valence-electron chi connectivity index (χ1n) is 5.79. The van der Waals surface area contributed by atoms with Crippen LogP contribution in [0.3, 0.4) is 0 Å². The molecule has 0 aliphatic heterocycles. The molecule has 20 heavy (non-hydrogen) atoms. The second-order valence-corrected chi connectivity index (χ2v) is 6.51. The third-order valence-electron chi connectivity index (χ3n) is 2.65. The topological polar surface area (TPSA) is 90.0 Å². The molecule has 7 nitrogen and oxygen atoms in total. The van der Waals surface area contributed by atoms with Crippen molar-refractivity contribution in [2.75, 3.05) is 4.72 Å². The van der Waals surface area contributed by atoms with Crippen molar-refractivity contribution in [3.05, 3.63) is 23.6 Å². The normalized spacial score (nSPS) is 12.7. The second-order valence-electron chi connectivity index (χ2n) is 4.91. The van der Waals surface area contributed by atoms with E-state index >= 15 is 0 Å². The second kappa shape index (κ2) is 4.58. The van der Waals surface area contributed by atoms with Crippen LogP contribution in [-0.4, -0.2) is 23.4 Å². The van der Waals surface area contributed by atoms with Crippen molar-refractivity contribution in [3.8, 4) is 0 Å². The van der Waals surface area contributed by atoms with Gasteiger partial charge in [0.25, 0.3) is 10.0 Å². The smallest absolute Gasteiger partial charge is 0.280 e. The van der Waals surface area contributed by atoms with Crippen LogP contribution >= 0.6 is 0 Å². The SMILES string of the molecule is Cc1cnn(C)c1S(=O)(=O)Nc1cc(C(C)(C)F)on1. The fourth-order valence-corrected chi connectivity index (χ4v) is 3.05. The summed E-state index contributed by atoms with van der Waals surface area (Å²) >= 11 is 0. The molecule has 9 heteroatoms. The van der Waals surface area contributed by atoms with Gasteiger partial charge in [0.05, 0.1) is 6.20 Å². The molecule has 0 aliphatic rings. The minimum absolute atomic E-state index is 0.0153. The maximum atomic E-state index is 13.6. The lowest BCUT2D eigenvalue weighted by atomic mass is 10.1. The van der Waals surface area contributed by atoms with Gasteiger partial charge < -0.3 is 4.52 Å². The molecule has 0 aliphatic carbocycles. The Morgan fingerprint density at radius 2 is 2.10 bits per heavy atom. The van der Waals surface area contributed by atoms with Crippen LogP contribution in [0.1, 0.15) is 25.2 Å². The minimum atomic E-state index is -3.86. The van der Waals surface area contributed by atoms with E-state index < -0.39 is 15.7 Å². The van der Waals surface area contributed by atoms with Crippen LogP contribution in [0.2, 0.25) is 0 Å². The zero-order valence-corrected chi connectivity index (χ0v) is 12.3. The first-order chi connectivity index (χ1) is 9.11. The number of aryl methyl sites for hydroxylation is 2. The minimum Gasteiger partial charge on any atom is -0.356 e. The van der Waals surface area contributed by atoms with E-state index in [1.54, 1.807) is 6.92 Å². The molecule has 1 N–H and O–H groups in total. The monoisotopic (exact) mass is 302 g/mol. The van der Waals surface area contributed by atoms with Gasteiger partial charge in [-0.2, -0.15) is 13.5 Å². The van der Waals surface area contributed by atoms with E-state index in [1.165, 1.54) is 37.8 Å². The third-order valence-corrected chi connectivity index (χ3v) is 4.22. The molecule has 2 aromatic heterocycles. The number of rotatable bonds is 4. The lowest BCUT2D eigenvalue weighted by Gasteiger charge is -2.07. The summed E-state index contributed by atoms with van der Waals surface area (Å²) in [6.07, 6.45) is 1.44. The number of anilines is 1. The number of aromatic nitrogens is 3. The van der Waals surface area contributed by atoms with E-state index in [0.717, 1.165) is 0 Å². The molecule has 2 aromatic rings. The van der Waals surface area contributed by atoms with Crippen molar-refractivity contribution >= 4 is 15.8 Å². The summed E-state index contributed by atoms with van der Waals surface area (Å²) in [7, 11) is -2.34. The summed E-state index contributed by atoms with van der Waals surface area (Å²) in [5.74, 6) is -0.136. The Labute approximate surface area is 115 Å². The fraction of sp³-hybridized carbons (Fsp3) is 0.455. The lowest BCUT2D eigenvalue weighted by Crippen LogP contribution is -2.18. The van der Waals surface area contributed by atoms with E-state index in [0.29, 0.717) is 5.56 Å². The molecule has 0 unspecified atom stereocenters. The molecule has 0 saturated heterocycles. The van der Waals surface area contributed by atoms with Crippen LogP contribution in [0, 0.1) is 6.92 Å². The molecule has 0 amide bonds. The Kier molecular flexibility index (Phi) is 3.32. The zero-order chi connectivity index (χ0) is 15.1. The molecule has 0 fully saturated rings. The highest BCUT2D eigenvalue weighted by molar-refractivity contribution is 7.92. The van der Waals surface area contributed by atoms with Crippen LogP contribution in [0.4, 0.5) is 10.2 Å². The molecule has 0 spiro atoms. The molecule has 0 aromatic carbocycles. The number of alkyl halides is 1. The van der Waals surface area contributed by atoms with Crippen molar-refractivity contribution < 1.29 is 17.3 Å². The number of sulfonamides is 1. The highest BCUT2D eigenvalue weighted by atomic mass is 32.2. The average molecular weight is 302 g/mol. The van der Waals surface area contributed by atoms with E-state index in [1.807, 2.05) is 0 Å². The standard InChI is InChI=1S/C11H15FN4O3S/c1-7-6-13-16(4)10(7)20(17,18)15-9-5-8(19-14-9)11(2,3)12/h5-6H,1-4H3,(H,14,15). The van der Waals surface area contributed by atoms with Crippen molar-refractivity contribution in [1.82, 2.24) is 14.9 Å². The molecule has 0 radical (unpaired) electrons. The summed E-state index contributed by atoms with van der Waals surface area (Å²) in [5, 5.41) is 7.38. The molecule has 0 atom stereocenters. The summed E-state index contributed by atoms with van der Waals surface area (Å²) in [5.41, 5.74) is -1.24. The molecule has 0 saturated carbocycles. The molecule has 110 valence electrons. The van der Waals surface area contributed by atoms with Crippen LogP contribution in [0.5, 0.6) is 0 Å². The quantitative estimate of drug-likeness (QED) is 0.928. The van der Waals surface area contributed by atoms with Gasteiger partial charge in [0, 0.05) is 18.7 Å². The van der Waals surface area contributed by atoms with Crippen LogP contribution in [0.25, 0.3) is 0 Å². The molecule has 2 rings (SSSR count). The average Bonchev–Trinajstić information content (AvgIpc) is 2.84. The van der Waals surface area contributed by atoms with Gasteiger partial charge >= 0.3 is 0 Å². The van der Waals surface area contributed by atoms with Gasteiger partial charge in [-0.1, -0.05) is 5.16 Å². The Bertz CT molecular complexity index is 708. The highest BCUT2D eigenvalue weighted by Gasteiger charge is 2.27. The van der Waals surface area contributed by atoms with Crippen molar-refractivity contribution in [3.63, 3.8) is 0 Å². The van der Waals surface area contributed by atoms with E-state index in [9.17, 15) is 12.8 Å². The third kappa shape index (κ3) is 2.67. The zero-order valence-electron chi connectivity index (χ0n) is 11.5. The summed E-state index contributed by atoms with van der Waals surface area (Å²) in [6, 6.07) is 1.21. The van der Waals surface area contributed by atoms with Gasteiger partial charge in [-0.3, -0.25) is 9.40 Å². The number of nitrogens with zero attached hydrogens (tertiary/aromatic N) is 3. The Morgan fingerprint density at radius 3 is 2.55 bits per heavy atom. The predicted molar refractivity (Wildman–Crippen MR) is 69.4 cm³/mol. The number of hydrogen-bond acceptors (Lipinski definition) is 5. The number of nitrogens with one attached hydrogen (secondary N) is 1. The van der Waals surface area contributed by atoms with Gasteiger partial charge in [-0.25, -0.2) is 4.39 Å². The van der Waals surface area contributed by atoms with Crippen LogP contribution in [-0.2, 0) is 22.7 Å². The van der Waals surface area contributed by atoms with Gasteiger partial charge in [0.2, 0.25) is 0 Å². The first kappa shape index (κ1) is 14.5. The van der Waals surface area contributed by atoms with Crippen LogP contribution in [0.15, 0.2) is 21.8 Å². The van der Waals surface area contributed by atoms with E-state index in [2.05, 4.69) is 15.0 Å². The van der Waals surface area contributed by atoms with E-state index in [4.69, 9.17) is 4.52 Å². The number of halogens is 1. The summed E-state index contributed by atoms with van der Waals surface area (Å²) in [4.78, 5) is 0. The summed E-state index contributed by atoms with van der Waals surface area (Å²) < 4.78 is 46.3. The van der Waals surface area contributed by atoms with Gasteiger partial charge in [0.15, 0.2) is 22.3 Å². The maximum absolute atomic E-state index is 13.6. The molecule has 0 bridgehead atoms. The fourth-order valence-electron chi connectivity index (χ4n) is 1.71. The number of hydrogen-bond donors (Lipinski definition) is 1. The predicted octanol–water partition coefficient (Wildman–Crippen LogP) is 1.72. The van der Waals surface area contributed by atoms with Gasteiger partial charge in [0.1, 0.15) is 0 Å². The highest BCUT2D eigenvalue weighted by Crippen LogP contribution is 2.27. The van der Waals surface area contributed by atoms with Gasteiger partial charge in [-0.15, -0.1) is 0 Å². The Morgan fingerprint density at radius 1 is 1.45 bits per heavy atom. The maximum Gasteiger partial charge on any atom is 0.280 e. The van der Waals surface area contributed by atoms with Crippen molar-refractivity contribution in [1.29, 1.82) is 0 Å². The Hall–Kier alpha value is -1.90. The molecule has 2 heterocycles. The van der Waals surface area contributed by atoms with E-state index in [-0.39, 0.29) is 16.6 Å².